The number of benzene rings is 2. The standard InChI is InChI=1S/C19H21FN2O2/c1-5-19(3,4)12(2)21-17-11-14(7-9-18(17)23)13-6-8-16(22-24)15(20)10-13/h6-11,21,23H,2,5H2,1,3-4H3. The Bertz CT molecular complexity index is 785. The number of hydrogen-bond acceptors (Lipinski definition) is 4. The zero-order valence-electron chi connectivity index (χ0n) is 14.1. The van der Waals surface area contributed by atoms with E-state index in [0.29, 0.717) is 16.8 Å². The van der Waals surface area contributed by atoms with E-state index in [4.69, 9.17) is 0 Å². The van der Waals surface area contributed by atoms with Crippen LogP contribution in [-0.4, -0.2) is 5.11 Å². The highest BCUT2D eigenvalue weighted by Crippen LogP contribution is 2.35. The third kappa shape index (κ3) is 3.62. The number of allylic oxidation sites excluding steroid dienone is 1. The molecular weight excluding hydrogens is 307 g/mol. The monoisotopic (exact) mass is 328 g/mol. The number of nitrogens with zero attached hydrogens (tertiary/aromatic N) is 1. The van der Waals surface area contributed by atoms with Gasteiger partial charge in [-0.3, -0.25) is 0 Å². The second-order valence-corrected chi connectivity index (χ2v) is 6.33. The van der Waals surface area contributed by atoms with E-state index in [2.05, 4.69) is 37.8 Å². The minimum absolute atomic E-state index is 0.0819. The van der Waals surface area contributed by atoms with Gasteiger partial charge in [-0.2, -0.15) is 0 Å². The molecule has 0 atom stereocenters. The molecule has 0 aromatic heterocycles. The van der Waals surface area contributed by atoms with Gasteiger partial charge in [0, 0.05) is 11.1 Å². The number of nitroso groups, excluding NO2 is 1. The van der Waals surface area contributed by atoms with Crippen molar-refractivity contribution in [3.63, 3.8) is 0 Å². The summed E-state index contributed by atoms with van der Waals surface area (Å²) in [6.07, 6.45) is 0.894. The quantitative estimate of drug-likeness (QED) is 0.508. The van der Waals surface area contributed by atoms with Gasteiger partial charge in [-0.1, -0.05) is 39.5 Å². The molecule has 0 saturated carbocycles. The Labute approximate surface area is 141 Å². The molecule has 0 radical (unpaired) electrons. The highest BCUT2D eigenvalue weighted by atomic mass is 19.1. The van der Waals surface area contributed by atoms with E-state index in [0.717, 1.165) is 12.1 Å². The van der Waals surface area contributed by atoms with Gasteiger partial charge in [0.2, 0.25) is 0 Å². The van der Waals surface area contributed by atoms with Crippen LogP contribution in [0, 0.1) is 16.1 Å². The van der Waals surface area contributed by atoms with Crippen LogP contribution in [0.2, 0.25) is 0 Å². The molecule has 4 nitrogen and oxygen atoms in total. The maximum Gasteiger partial charge on any atom is 0.153 e. The molecular formula is C19H21FN2O2. The normalized spacial score (nSPS) is 11.2. The van der Waals surface area contributed by atoms with E-state index in [1.54, 1.807) is 18.2 Å². The summed E-state index contributed by atoms with van der Waals surface area (Å²) in [5, 5.41) is 15.8. The first kappa shape index (κ1) is 17.7. The average molecular weight is 328 g/mol. The van der Waals surface area contributed by atoms with Gasteiger partial charge in [0.05, 0.1) is 5.69 Å². The van der Waals surface area contributed by atoms with Crippen LogP contribution in [0.15, 0.2) is 53.9 Å². The fraction of sp³-hybridized carbons (Fsp3) is 0.263. The van der Waals surface area contributed by atoms with E-state index in [1.165, 1.54) is 18.2 Å². The van der Waals surface area contributed by atoms with Crippen molar-refractivity contribution in [3.05, 3.63) is 59.4 Å². The van der Waals surface area contributed by atoms with Gasteiger partial charge in [0.15, 0.2) is 5.82 Å². The highest BCUT2D eigenvalue weighted by molar-refractivity contribution is 5.73. The average Bonchev–Trinajstić information content (AvgIpc) is 2.56. The summed E-state index contributed by atoms with van der Waals surface area (Å²) in [5.41, 5.74) is 2.21. The fourth-order valence-electron chi connectivity index (χ4n) is 2.12. The van der Waals surface area contributed by atoms with Crippen LogP contribution in [0.1, 0.15) is 27.2 Å². The molecule has 2 aromatic rings. The summed E-state index contributed by atoms with van der Waals surface area (Å²) < 4.78 is 13.8. The molecule has 0 fully saturated rings. The molecule has 0 amide bonds. The van der Waals surface area contributed by atoms with Crippen LogP contribution in [0.25, 0.3) is 11.1 Å². The first-order valence-corrected chi connectivity index (χ1v) is 7.71. The first-order valence-electron chi connectivity index (χ1n) is 7.71. The predicted octanol–water partition coefficient (Wildman–Crippen LogP) is 5.96. The van der Waals surface area contributed by atoms with Crippen molar-refractivity contribution in [1.29, 1.82) is 0 Å². The Hall–Kier alpha value is -2.69. The summed E-state index contributed by atoms with van der Waals surface area (Å²) in [6, 6.07) is 9.12. The minimum atomic E-state index is -0.679. The van der Waals surface area contributed by atoms with Gasteiger partial charge in [-0.25, -0.2) is 4.39 Å². The predicted molar refractivity (Wildman–Crippen MR) is 95.8 cm³/mol. The number of nitrogens with one attached hydrogen (secondary N) is 1. The van der Waals surface area contributed by atoms with Crippen LogP contribution in [0.4, 0.5) is 15.8 Å². The van der Waals surface area contributed by atoms with Crippen molar-refractivity contribution in [2.24, 2.45) is 10.6 Å². The van der Waals surface area contributed by atoms with Crippen LogP contribution >= 0.6 is 0 Å². The Kier molecular flexibility index (Phi) is 5.02. The smallest absolute Gasteiger partial charge is 0.153 e. The topological polar surface area (TPSA) is 61.7 Å². The number of phenolic OH excluding ortho intramolecular Hbond substituents is 1. The molecule has 2 N–H and O–H groups in total. The van der Waals surface area contributed by atoms with Gasteiger partial charge in [-0.15, -0.1) is 4.91 Å². The molecule has 0 spiro atoms. The number of phenols is 1. The Morgan fingerprint density at radius 1 is 1.25 bits per heavy atom. The molecule has 5 heteroatoms. The van der Waals surface area contributed by atoms with Crippen LogP contribution < -0.4 is 5.32 Å². The number of hydrogen-bond donors (Lipinski definition) is 2. The summed E-state index contributed by atoms with van der Waals surface area (Å²) in [4.78, 5) is 10.5. The molecule has 126 valence electrons. The molecule has 2 rings (SSSR count). The third-order valence-corrected chi connectivity index (χ3v) is 4.36. The van der Waals surface area contributed by atoms with Gasteiger partial charge >= 0.3 is 0 Å². The van der Waals surface area contributed by atoms with Crippen molar-refractivity contribution in [3.8, 4) is 16.9 Å². The van der Waals surface area contributed by atoms with Gasteiger partial charge in [0.1, 0.15) is 11.4 Å². The van der Waals surface area contributed by atoms with Crippen LogP contribution in [-0.2, 0) is 0 Å². The molecule has 2 aromatic carbocycles. The second-order valence-electron chi connectivity index (χ2n) is 6.33. The number of rotatable bonds is 6. The Morgan fingerprint density at radius 3 is 2.46 bits per heavy atom. The summed E-state index contributed by atoms with van der Waals surface area (Å²) >= 11 is 0. The minimum Gasteiger partial charge on any atom is -0.506 e. The van der Waals surface area contributed by atoms with E-state index < -0.39 is 5.82 Å². The molecule has 0 aliphatic rings. The number of halogens is 1. The number of aromatic hydroxyl groups is 1. The van der Waals surface area contributed by atoms with E-state index in [9.17, 15) is 14.4 Å². The Morgan fingerprint density at radius 2 is 1.88 bits per heavy atom. The molecule has 0 aliphatic carbocycles. The van der Waals surface area contributed by atoms with Gasteiger partial charge in [-0.05, 0) is 47.0 Å². The van der Waals surface area contributed by atoms with Crippen molar-refractivity contribution < 1.29 is 9.50 Å². The molecule has 0 heterocycles. The van der Waals surface area contributed by atoms with Crippen molar-refractivity contribution in [2.75, 3.05) is 5.32 Å². The van der Waals surface area contributed by atoms with Crippen molar-refractivity contribution in [1.82, 2.24) is 0 Å². The maximum absolute atomic E-state index is 13.8. The van der Waals surface area contributed by atoms with Crippen LogP contribution in [0.3, 0.4) is 0 Å². The second kappa shape index (κ2) is 6.83. The molecule has 0 unspecified atom stereocenters. The highest BCUT2D eigenvalue weighted by Gasteiger charge is 2.20. The zero-order chi connectivity index (χ0) is 17.9. The Balaban J connectivity index is 2.37. The third-order valence-electron chi connectivity index (χ3n) is 4.36. The summed E-state index contributed by atoms with van der Waals surface area (Å²) in [7, 11) is 0. The fourth-order valence-corrected chi connectivity index (χ4v) is 2.12. The summed E-state index contributed by atoms with van der Waals surface area (Å²) in [6.45, 7) is 10.2. The van der Waals surface area contributed by atoms with Gasteiger partial charge in [0.25, 0.3) is 0 Å². The van der Waals surface area contributed by atoms with Crippen LogP contribution in [0.5, 0.6) is 5.75 Å². The lowest BCUT2D eigenvalue weighted by Gasteiger charge is -2.27. The largest absolute Gasteiger partial charge is 0.506 e. The zero-order valence-corrected chi connectivity index (χ0v) is 14.1. The maximum atomic E-state index is 13.8. The summed E-state index contributed by atoms with van der Waals surface area (Å²) in [5.74, 6) is -0.597. The number of anilines is 1. The lowest BCUT2D eigenvalue weighted by molar-refractivity contribution is 0.432. The van der Waals surface area contributed by atoms with Crippen molar-refractivity contribution >= 4 is 11.4 Å². The lowest BCUT2D eigenvalue weighted by Crippen LogP contribution is -2.18. The van der Waals surface area contributed by atoms with E-state index >= 15 is 0 Å². The molecule has 24 heavy (non-hydrogen) atoms. The van der Waals surface area contributed by atoms with E-state index in [1.807, 2.05) is 0 Å². The lowest BCUT2D eigenvalue weighted by atomic mass is 9.87. The molecule has 0 bridgehead atoms. The van der Waals surface area contributed by atoms with E-state index in [-0.39, 0.29) is 16.9 Å². The first-order chi connectivity index (χ1) is 11.3. The molecule has 0 saturated heterocycles. The van der Waals surface area contributed by atoms with Crippen molar-refractivity contribution in [2.45, 2.75) is 27.2 Å². The van der Waals surface area contributed by atoms with Gasteiger partial charge < -0.3 is 10.4 Å². The molecule has 0 aliphatic heterocycles. The SMILES string of the molecule is C=C(Nc1cc(-c2ccc(N=O)c(F)c2)ccc1O)C(C)(C)CC.